The second-order valence-electron chi connectivity index (χ2n) is 7.93. The fourth-order valence-corrected chi connectivity index (χ4v) is 3.86. The number of nitrogens with zero attached hydrogens (tertiary/aromatic N) is 5. The molecule has 0 aliphatic carbocycles. The zero-order chi connectivity index (χ0) is 19.5. The number of nitrogen functional groups attached to an aromatic ring is 1. The van der Waals surface area contributed by atoms with Gasteiger partial charge in [-0.25, -0.2) is 14.6 Å². The van der Waals surface area contributed by atoms with Gasteiger partial charge in [0.15, 0.2) is 0 Å². The summed E-state index contributed by atoms with van der Waals surface area (Å²) in [6.45, 7) is 7.47. The summed E-state index contributed by atoms with van der Waals surface area (Å²) >= 11 is 0. The third-order valence-corrected chi connectivity index (χ3v) is 5.57. The number of likely N-dealkylation sites (tertiary alicyclic amines) is 1. The lowest BCUT2D eigenvalue weighted by atomic mass is 9.93. The number of nitrogens with two attached hydrogens (primary N) is 1. The average molecular weight is 377 g/mol. The highest BCUT2D eigenvalue weighted by Gasteiger charge is 2.22. The molecule has 0 bridgehead atoms. The Kier molecular flexibility index (Phi) is 5.39. The summed E-state index contributed by atoms with van der Waals surface area (Å²) in [4.78, 5) is 10.9. The summed E-state index contributed by atoms with van der Waals surface area (Å²) in [5.41, 5.74) is 10.5. The molecule has 1 aromatic carbocycles. The van der Waals surface area contributed by atoms with E-state index in [9.17, 15) is 0 Å². The van der Waals surface area contributed by atoms with Gasteiger partial charge in [-0.1, -0.05) is 26.0 Å². The Hall–Kier alpha value is -2.73. The number of hydrogen-bond donors (Lipinski definition) is 1. The van der Waals surface area contributed by atoms with E-state index in [-0.39, 0.29) is 0 Å². The second-order valence-corrected chi connectivity index (χ2v) is 7.93. The van der Waals surface area contributed by atoms with Crippen LogP contribution in [0.1, 0.15) is 55.3 Å². The first-order valence-electron chi connectivity index (χ1n) is 10.0. The van der Waals surface area contributed by atoms with Gasteiger partial charge >= 0.3 is 0 Å². The summed E-state index contributed by atoms with van der Waals surface area (Å²) in [5.74, 6) is 1.39. The van der Waals surface area contributed by atoms with Crippen LogP contribution in [0.15, 0.2) is 48.9 Å². The quantitative estimate of drug-likeness (QED) is 0.734. The first-order valence-corrected chi connectivity index (χ1v) is 10.0. The van der Waals surface area contributed by atoms with Crippen LogP contribution in [0.4, 0.5) is 5.95 Å². The van der Waals surface area contributed by atoms with Crippen molar-refractivity contribution in [2.45, 2.75) is 45.1 Å². The number of piperidine rings is 1. The number of hydrogen-bond acceptors (Lipinski definition) is 5. The summed E-state index contributed by atoms with van der Waals surface area (Å²) in [5, 5.41) is 4.56. The Balaban J connectivity index is 1.35. The molecule has 0 unspecified atom stereocenters. The Labute approximate surface area is 166 Å². The predicted octanol–water partition coefficient (Wildman–Crippen LogP) is 3.75. The largest absolute Gasteiger partial charge is 0.368 e. The van der Waals surface area contributed by atoms with Gasteiger partial charge in [0.2, 0.25) is 5.95 Å². The average Bonchev–Trinajstić information content (AvgIpc) is 3.17. The Morgan fingerprint density at radius 2 is 1.86 bits per heavy atom. The van der Waals surface area contributed by atoms with Gasteiger partial charge in [-0.05, 0) is 55.6 Å². The van der Waals surface area contributed by atoms with Gasteiger partial charge in [-0.2, -0.15) is 5.10 Å². The highest BCUT2D eigenvalue weighted by molar-refractivity contribution is 5.35. The standard InChI is InChI=1S/C22H28N6/c1-16(2)18-3-5-20(6-4-18)28-15-17(13-25-28)14-27-11-8-19(9-12-27)21-7-10-24-22(23)26-21/h3-7,10,13,15-16,19H,8-9,11-12,14H2,1-2H3,(H2,23,24,26). The molecular formula is C22H28N6. The van der Waals surface area contributed by atoms with Gasteiger partial charge in [-0.3, -0.25) is 4.90 Å². The van der Waals surface area contributed by atoms with Crippen LogP contribution < -0.4 is 5.73 Å². The lowest BCUT2D eigenvalue weighted by molar-refractivity contribution is 0.203. The first kappa shape index (κ1) is 18.6. The van der Waals surface area contributed by atoms with Crippen LogP contribution >= 0.6 is 0 Å². The number of benzene rings is 1. The van der Waals surface area contributed by atoms with E-state index < -0.39 is 0 Å². The van der Waals surface area contributed by atoms with Crippen LogP contribution in [0.5, 0.6) is 0 Å². The van der Waals surface area contributed by atoms with Crippen molar-refractivity contribution in [1.29, 1.82) is 0 Å². The number of anilines is 1. The van der Waals surface area contributed by atoms with Crippen molar-refractivity contribution >= 4 is 5.95 Å². The maximum Gasteiger partial charge on any atom is 0.220 e. The normalized spacial score (nSPS) is 16.0. The molecule has 1 saturated heterocycles. The van der Waals surface area contributed by atoms with Crippen molar-refractivity contribution in [1.82, 2.24) is 24.6 Å². The fourth-order valence-electron chi connectivity index (χ4n) is 3.86. The molecule has 0 amide bonds. The van der Waals surface area contributed by atoms with Gasteiger partial charge in [0.25, 0.3) is 0 Å². The van der Waals surface area contributed by atoms with Crippen molar-refractivity contribution < 1.29 is 0 Å². The molecule has 1 fully saturated rings. The van der Waals surface area contributed by atoms with E-state index in [1.165, 1.54) is 11.1 Å². The first-order chi connectivity index (χ1) is 13.6. The van der Waals surface area contributed by atoms with E-state index in [1.807, 2.05) is 16.9 Å². The summed E-state index contributed by atoms with van der Waals surface area (Å²) in [7, 11) is 0. The van der Waals surface area contributed by atoms with Crippen molar-refractivity contribution in [3.05, 3.63) is 65.7 Å². The molecule has 1 aliphatic heterocycles. The molecule has 2 N–H and O–H groups in total. The molecule has 6 nitrogen and oxygen atoms in total. The Morgan fingerprint density at radius 1 is 1.11 bits per heavy atom. The third kappa shape index (κ3) is 4.22. The van der Waals surface area contributed by atoms with Crippen molar-refractivity contribution in [2.24, 2.45) is 0 Å². The summed E-state index contributed by atoms with van der Waals surface area (Å²) in [6.07, 6.45) is 8.07. The monoisotopic (exact) mass is 376 g/mol. The predicted molar refractivity (Wildman–Crippen MR) is 111 cm³/mol. The van der Waals surface area contributed by atoms with Gasteiger partial charge < -0.3 is 5.73 Å². The summed E-state index contributed by atoms with van der Waals surface area (Å²) in [6, 6.07) is 10.7. The van der Waals surface area contributed by atoms with Crippen LogP contribution in [0.3, 0.4) is 0 Å². The molecule has 146 valence electrons. The van der Waals surface area contributed by atoms with Crippen LogP contribution in [-0.4, -0.2) is 37.7 Å². The molecule has 1 aliphatic rings. The van der Waals surface area contributed by atoms with E-state index in [1.54, 1.807) is 6.20 Å². The lowest BCUT2D eigenvalue weighted by Crippen LogP contribution is -2.32. The minimum atomic E-state index is 0.369. The van der Waals surface area contributed by atoms with E-state index in [0.717, 1.165) is 43.9 Å². The maximum atomic E-state index is 5.73. The highest BCUT2D eigenvalue weighted by atomic mass is 15.3. The SMILES string of the molecule is CC(C)c1ccc(-n2cc(CN3CCC(c4ccnc(N)n4)CC3)cn2)cc1. The van der Waals surface area contributed by atoms with Crippen LogP contribution in [0.25, 0.3) is 5.69 Å². The highest BCUT2D eigenvalue weighted by Crippen LogP contribution is 2.27. The van der Waals surface area contributed by atoms with E-state index in [0.29, 0.717) is 17.8 Å². The van der Waals surface area contributed by atoms with Gasteiger partial charge in [0.05, 0.1) is 11.9 Å². The molecule has 0 saturated carbocycles. The smallest absolute Gasteiger partial charge is 0.220 e. The molecule has 6 heteroatoms. The second kappa shape index (κ2) is 8.10. The lowest BCUT2D eigenvalue weighted by Gasteiger charge is -2.31. The molecule has 2 aromatic heterocycles. The zero-order valence-electron chi connectivity index (χ0n) is 16.6. The van der Waals surface area contributed by atoms with Crippen molar-refractivity contribution in [2.75, 3.05) is 18.8 Å². The molecule has 0 atom stereocenters. The van der Waals surface area contributed by atoms with Gasteiger partial charge in [0, 0.05) is 36.1 Å². The van der Waals surface area contributed by atoms with E-state index in [2.05, 4.69) is 64.3 Å². The minimum Gasteiger partial charge on any atom is -0.368 e. The van der Waals surface area contributed by atoms with Crippen LogP contribution in [-0.2, 0) is 6.54 Å². The molecule has 4 rings (SSSR count). The minimum absolute atomic E-state index is 0.369. The molecule has 0 radical (unpaired) electrons. The van der Waals surface area contributed by atoms with E-state index >= 15 is 0 Å². The fraction of sp³-hybridized carbons (Fsp3) is 0.409. The number of aromatic nitrogens is 4. The topological polar surface area (TPSA) is 72.9 Å². The number of rotatable bonds is 5. The maximum absolute atomic E-state index is 5.73. The van der Waals surface area contributed by atoms with E-state index in [4.69, 9.17) is 5.73 Å². The van der Waals surface area contributed by atoms with Crippen molar-refractivity contribution in [3.63, 3.8) is 0 Å². The molecule has 0 spiro atoms. The van der Waals surface area contributed by atoms with Crippen LogP contribution in [0.2, 0.25) is 0 Å². The van der Waals surface area contributed by atoms with Gasteiger partial charge in [0.1, 0.15) is 0 Å². The molecular weight excluding hydrogens is 348 g/mol. The van der Waals surface area contributed by atoms with Crippen molar-refractivity contribution in [3.8, 4) is 5.69 Å². The zero-order valence-corrected chi connectivity index (χ0v) is 16.6. The van der Waals surface area contributed by atoms with Gasteiger partial charge in [-0.15, -0.1) is 0 Å². The Bertz CT molecular complexity index is 907. The summed E-state index contributed by atoms with van der Waals surface area (Å²) < 4.78 is 1.97. The van der Waals surface area contributed by atoms with Crippen LogP contribution in [0, 0.1) is 0 Å². The molecule has 28 heavy (non-hydrogen) atoms. The Morgan fingerprint density at radius 3 is 2.54 bits per heavy atom. The third-order valence-electron chi connectivity index (χ3n) is 5.57. The molecule has 3 aromatic rings. The molecule has 3 heterocycles.